The van der Waals surface area contributed by atoms with Crippen LogP contribution in [0.2, 0.25) is 0 Å². The molecule has 0 aliphatic carbocycles. The SMILES string of the molecule is CCCn1c([C@@H](O)c2ccc(N(C)C)cc2)nc2ccccc21. The Hall–Kier alpha value is -2.33. The van der Waals surface area contributed by atoms with Crippen molar-refractivity contribution in [2.75, 3.05) is 19.0 Å². The minimum Gasteiger partial charge on any atom is -0.380 e. The highest BCUT2D eigenvalue weighted by Gasteiger charge is 2.19. The number of para-hydroxylation sites is 2. The lowest BCUT2D eigenvalue weighted by Crippen LogP contribution is -2.11. The smallest absolute Gasteiger partial charge is 0.143 e. The van der Waals surface area contributed by atoms with Gasteiger partial charge in [-0.2, -0.15) is 0 Å². The monoisotopic (exact) mass is 309 g/mol. The standard InChI is InChI=1S/C19H23N3O/c1-4-13-22-17-8-6-5-7-16(17)20-19(22)18(23)14-9-11-15(12-10-14)21(2)3/h5-12,18,23H,4,13H2,1-3H3/t18-/m0/s1. The number of aromatic nitrogens is 2. The first-order valence-corrected chi connectivity index (χ1v) is 8.02. The van der Waals surface area contributed by atoms with E-state index in [0.29, 0.717) is 5.82 Å². The number of fused-ring (bicyclic) bond motifs is 1. The van der Waals surface area contributed by atoms with Gasteiger partial charge in [0, 0.05) is 26.3 Å². The van der Waals surface area contributed by atoms with Crippen LogP contribution in [-0.4, -0.2) is 28.8 Å². The van der Waals surface area contributed by atoms with Gasteiger partial charge in [-0.25, -0.2) is 4.98 Å². The van der Waals surface area contributed by atoms with Crippen molar-refractivity contribution in [2.24, 2.45) is 0 Å². The molecule has 0 aliphatic rings. The molecule has 3 rings (SSSR count). The molecule has 0 fully saturated rings. The van der Waals surface area contributed by atoms with Crippen LogP contribution in [0.3, 0.4) is 0 Å². The summed E-state index contributed by atoms with van der Waals surface area (Å²) in [5.41, 5.74) is 3.99. The van der Waals surface area contributed by atoms with Crippen LogP contribution in [-0.2, 0) is 6.54 Å². The van der Waals surface area contributed by atoms with Crippen molar-refractivity contribution in [3.8, 4) is 0 Å². The van der Waals surface area contributed by atoms with E-state index in [9.17, 15) is 5.11 Å². The zero-order chi connectivity index (χ0) is 16.4. The summed E-state index contributed by atoms with van der Waals surface area (Å²) in [7, 11) is 4.01. The van der Waals surface area contributed by atoms with Gasteiger partial charge in [0.1, 0.15) is 11.9 Å². The van der Waals surface area contributed by atoms with Gasteiger partial charge in [-0.15, -0.1) is 0 Å². The predicted molar refractivity (Wildman–Crippen MR) is 94.9 cm³/mol. The summed E-state index contributed by atoms with van der Waals surface area (Å²) in [6, 6.07) is 16.0. The molecule has 23 heavy (non-hydrogen) atoms. The quantitative estimate of drug-likeness (QED) is 0.783. The summed E-state index contributed by atoms with van der Waals surface area (Å²) in [4.78, 5) is 6.71. The van der Waals surface area contributed by atoms with Crippen LogP contribution in [0.5, 0.6) is 0 Å². The van der Waals surface area contributed by atoms with Crippen molar-refractivity contribution in [1.29, 1.82) is 0 Å². The first-order valence-electron chi connectivity index (χ1n) is 8.02. The molecule has 0 saturated heterocycles. The van der Waals surface area contributed by atoms with Crippen LogP contribution in [0.15, 0.2) is 48.5 Å². The number of hydrogen-bond acceptors (Lipinski definition) is 3. The summed E-state index contributed by atoms with van der Waals surface area (Å²) in [6.45, 7) is 2.99. The molecule has 1 N–H and O–H groups in total. The molecule has 4 nitrogen and oxygen atoms in total. The fourth-order valence-corrected chi connectivity index (χ4v) is 2.87. The minimum atomic E-state index is -0.717. The van der Waals surface area contributed by atoms with Crippen LogP contribution in [0, 0.1) is 0 Å². The molecule has 0 spiro atoms. The maximum atomic E-state index is 10.8. The van der Waals surface area contributed by atoms with Gasteiger partial charge in [0.2, 0.25) is 0 Å². The molecule has 0 amide bonds. The van der Waals surface area contributed by atoms with Crippen LogP contribution >= 0.6 is 0 Å². The number of benzene rings is 2. The zero-order valence-corrected chi connectivity index (χ0v) is 13.9. The summed E-state index contributed by atoms with van der Waals surface area (Å²) >= 11 is 0. The van der Waals surface area contributed by atoms with E-state index in [-0.39, 0.29) is 0 Å². The van der Waals surface area contributed by atoms with E-state index in [1.54, 1.807) is 0 Å². The molecular formula is C19H23N3O. The lowest BCUT2D eigenvalue weighted by atomic mass is 10.1. The summed E-state index contributed by atoms with van der Waals surface area (Å²) in [5.74, 6) is 0.714. The highest BCUT2D eigenvalue weighted by Crippen LogP contribution is 2.27. The number of anilines is 1. The lowest BCUT2D eigenvalue weighted by Gasteiger charge is -2.16. The van der Waals surface area contributed by atoms with Gasteiger partial charge in [0.15, 0.2) is 0 Å². The largest absolute Gasteiger partial charge is 0.380 e. The van der Waals surface area contributed by atoms with Gasteiger partial charge >= 0.3 is 0 Å². The van der Waals surface area contributed by atoms with Gasteiger partial charge in [0.25, 0.3) is 0 Å². The van der Waals surface area contributed by atoms with Crippen LogP contribution in [0.25, 0.3) is 11.0 Å². The van der Waals surface area contributed by atoms with E-state index in [2.05, 4.69) is 22.5 Å². The molecule has 2 aromatic carbocycles. The van der Waals surface area contributed by atoms with Gasteiger partial charge in [0.05, 0.1) is 11.0 Å². The van der Waals surface area contributed by atoms with Crippen molar-refractivity contribution in [2.45, 2.75) is 26.0 Å². The number of aliphatic hydroxyl groups excluding tert-OH is 1. The second-order valence-corrected chi connectivity index (χ2v) is 6.00. The number of nitrogens with zero attached hydrogens (tertiary/aromatic N) is 3. The average Bonchev–Trinajstić information content (AvgIpc) is 2.93. The molecule has 0 unspecified atom stereocenters. The minimum absolute atomic E-state index is 0.714. The molecule has 0 bridgehead atoms. The third-order valence-electron chi connectivity index (χ3n) is 4.10. The second-order valence-electron chi connectivity index (χ2n) is 6.00. The fourth-order valence-electron chi connectivity index (χ4n) is 2.87. The summed E-state index contributed by atoms with van der Waals surface area (Å²) < 4.78 is 2.12. The molecule has 1 atom stereocenters. The Labute approximate surface area is 137 Å². The lowest BCUT2D eigenvalue weighted by molar-refractivity contribution is 0.205. The molecule has 1 heterocycles. The Morgan fingerprint density at radius 3 is 2.43 bits per heavy atom. The molecule has 4 heteroatoms. The van der Waals surface area contributed by atoms with E-state index < -0.39 is 6.10 Å². The van der Waals surface area contributed by atoms with Gasteiger partial charge in [-0.1, -0.05) is 31.2 Å². The third-order valence-corrected chi connectivity index (χ3v) is 4.10. The summed E-state index contributed by atoms with van der Waals surface area (Å²) in [5, 5.41) is 10.8. The Morgan fingerprint density at radius 2 is 1.78 bits per heavy atom. The fraction of sp³-hybridized carbons (Fsp3) is 0.316. The van der Waals surface area contributed by atoms with Crippen LogP contribution < -0.4 is 4.90 Å². The van der Waals surface area contributed by atoms with E-state index in [1.807, 2.05) is 61.5 Å². The molecule has 3 aromatic rings. The average molecular weight is 309 g/mol. The van der Waals surface area contributed by atoms with Crippen LogP contribution in [0.1, 0.15) is 30.8 Å². The van der Waals surface area contributed by atoms with Gasteiger partial charge < -0.3 is 14.6 Å². The topological polar surface area (TPSA) is 41.3 Å². The molecule has 0 saturated carbocycles. The first-order chi connectivity index (χ1) is 11.1. The second kappa shape index (κ2) is 6.42. The Morgan fingerprint density at radius 1 is 1.09 bits per heavy atom. The number of rotatable bonds is 5. The van der Waals surface area contributed by atoms with Crippen molar-refractivity contribution < 1.29 is 5.11 Å². The number of aliphatic hydroxyl groups is 1. The molecule has 1 aromatic heterocycles. The Kier molecular flexibility index (Phi) is 4.35. The van der Waals surface area contributed by atoms with E-state index in [1.165, 1.54) is 0 Å². The number of imidazole rings is 1. The third kappa shape index (κ3) is 2.94. The van der Waals surface area contributed by atoms with Crippen molar-refractivity contribution in [3.05, 3.63) is 59.9 Å². The van der Waals surface area contributed by atoms with Gasteiger partial charge in [-0.05, 0) is 36.2 Å². The molecular weight excluding hydrogens is 286 g/mol. The van der Waals surface area contributed by atoms with Crippen molar-refractivity contribution in [3.63, 3.8) is 0 Å². The molecule has 0 radical (unpaired) electrons. The van der Waals surface area contributed by atoms with Crippen LogP contribution in [0.4, 0.5) is 5.69 Å². The van der Waals surface area contributed by atoms with Crippen molar-refractivity contribution in [1.82, 2.24) is 9.55 Å². The maximum absolute atomic E-state index is 10.8. The highest BCUT2D eigenvalue weighted by molar-refractivity contribution is 5.76. The summed E-state index contributed by atoms with van der Waals surface area (Å²) in [6.07, 6.45) is 0.282. The van der Waals surface area contributed by atoms with Gasteiger partial charge in [-0.3, -0.25) is 0 Å². The highest BCUT2D eigenvalue weighted by atomic mass is 16.3. The van der Waals surface area contributed by atoms with E-state index >= 15 is 0 Å². The predicted octanol–water partition coefficient (Wildman–Crippen LogP) is 3.59. The number of hydrogen-bond donors (Lipinski definition) is 1. The maximum Gasteiger partial charge on any atom is 0.143 e. The first kappa shape index (κ1) is 15.6. The molecule has 120 valence electrons. The zero-order valence-electron chi connectivity index (χ0n) is 13.9. The van der Waals surface area contributed by atoms with Crippen molar-refractivity contribution >= 4 is 16.7 Å². The Bertz CT molecular complexity index is 790. The normalized spacial score (nSPS) is 12.5. The molecule has 0 aliphatic heterocycles. The Balaban J connectivity index is 2.02. The number of aryl methyl sites for hydroxylation is 1. The van der Waals surface area contributed by atoms with E-state index in [4.69, 9.17) is 0 Å². The van der Waals surface area contributed by atoms with E-state index in [0.717, 1.165) is 35.2 Å².